The number of rotatable bonds is 5. The van der Waals surface area contributed by atoms with Crippen molar-refractivity contribution in [3.05, 3.63) is 0 Å². The maximum absolute atomic E-state index is 12.2. The van der Waals surface area contributed by atoms with Crippen molar-refractivity contribution in [2.75, 3.05) is 44.9 Å². The molecular formula is C14H27N3O2S. The molecule has 2 rings (SSSR count). The summed E-state index contributed by atoms with van der Waals surface area (Å²) < 4.78 is 0. The Morgan fingerprint density at radius 2 is 2.20 bits per heavy atom. The molecule has 2 aliphatic rings. The summed E-state index contributed by atoms with van der Waals surface area (Å²) >= 11 is 1.79. The number of nitrogens with one attached hydrogen (secondary N) is 1. The van der Waals surface area contributed by atoms with E-state index in [1.165, 1.54) is 0 Å². The lowest BCUT2D eigenvalue weighted by Gasteiger charge is -2.34. The van der Waals surface area contributed by atoms with E-state index in [4.69, 9.17) is 0 Å². The van der Waals surface area contributed by atoms with E-state index in [9.17, 15) is 9.90 Å². The summed E-state index contributed by atoms with van der Waals surface area (Å²) in [7, 11) is 1.93. The number of thioether (sulfide) groups is 1. The number of likely N-dealkylation sites (N-methyl/N-ethyl adjacent to an activating group) is 1. The summed E-state index contributed by atoms with van der Waals surface area (Å²) in [5.74, 6) is 2.63. The highest BCUT2D eigenvalue weighted by atomic mass is 32.2. The number of carbonyl (C=O) groups is 1. The number of piperidine rings is 1. The van der Waals surface area contributed by atoms with E-state index in [1.54, 1.807) is 11.8 Å². The van der Waals surface area contributed by atoms with Gasteiger partial charge in [-0.3, -0.25) is 10.1 Å². The minimum absolute atomic E-state index is 0.0142. The fraction of sp³-hybridized carbons (Fsp3) is 0.929. The number of aliphatic hydroxyl groups excluding tert-OH is 1. The molecule has 2 saturated heterocycles. The van der Waals surface area contributed by atoms with Gasteiger partial charge in [0.15, 0.2) is 0 Å². The molecule has 5 nitrogen and oxygen atoms in total. The molecule has 116 valence electrons. The van der Waals surface area contributed by atoms with Gasteiger partial charge in [0.2, 0.25) is 5.91 Å². The average molecular weight is 301 g/mol. The minimum Gasteiger partial charge on any atom is -0.392 e. The lowest BCUT2D eigenvalue weighted by molar-refractivity contribution is -0.132. The summed E-state index contributed by atoms with van der Waals surface area (Å²) in [4.78, 5) is 16.5. The van der Waals surface area contributed by atoms with Crippen molar-refractivity contribution in [2.24, 2.45) is 5.92 Å². The molecule has 0 spiro atoms. The predicted octanol–water partition coefficient (Wildman–Crippen LogP) is 0.200. The lowest BCUT2D eigenvalue weighted by atomic mass is 9.96. The Bertz CT molecular complexity index is 314. The van der Waals surface area contributed by atoms with Gasteiger partial charge in [0.1, 0.15) is 0 Å². The molecule has 2 fully saturated rings. The second-order valence-corrected chi connectivity index (χ2v) is 7.11. The number of carbonyl (C=O) groups excluding carboxylic acids is 1. The standard InChI is InChI=1S/C14H27N3O2S/c1-11(18)7-17-5-3-12(4-6-17)8-16(2)14(19)13-9-20-10-15-13/h11-13,15,18H,3-10H2,1-2H3/t11?,13-/m1/s1. The first kappa shape index (κ1) is 16.1. The van der Waals surface area contributed by atoms with Crippen molar-refractivity contribution in [3.8, 4) is 0 Å². The molecule has 2 heterocycles. The first-order valence-corrected chi connectivity index (χ1v) is 8.68. The van der Waals surface area contributed by atoms with E-state index in [-0.39, 0.29) is 18.1 Å². The Labute approximate surface area is 126 Å². The fourth-order valence-corrected chi connectivity index (χ4v) is 3.96. The van der Waals surface area contributed by atoms with Gasteiger partial charge in [-0.25, -0.2) is 0 Å². The fourth-order valence-electron chi connectivity index (χ4n) is 3.02. The number of amides is 1. The largest absolute Gasteiger partial charge is 0.392 e. The third kappa shape index (κ3) is 4.62. The van der Waals surface area contributed by atoms with Gasteiger partial charge in [-0.15, -0.1) is 11.8 Å². The van der Waals surface area contributed by atoms with Gasteiger partial charge in [-0.2, -0.15) is 0 Å². The van der Waals surface area contributed by atoms with Crippen molar-refractivity contribution in [1.82, 2.24) is 15.1 Å². The first-order chi connectivity index (χ1) is 9.56. The molecule has 1 amide bonds. The molecule has 2 N–H and O–H groups in total. The normalized spacial score (nSPS) is 26.6. The van der Waals surface area contributed by atoms with Crippen LogP contribution in [0.1, 0.15) is 19.8 Å². The molecule has 2 atom stereocenters. The van der Waals surface area contributed by atoms with Crippen LogP contribution in [0.2, 0.25) is 0 Å². The second kappa shape index (κ2) is 7.64. The Balaban J connectivity index is 1.70. The highest BCUT2D eigenvalue weighted by molar-refractivity contribution is 7.99. The SMILES string of the molecule is CC(O)CN1CCC(CN(C)C(=O)[C@H]2CSCN2)CC1. The zero-order valence-corrected chi connectivity index (χ0v) is 13.4. The third-order valence-corrected chi connectivity index (χ3v) is 5.09. The quantitative estimate of drug-likeness (QED) is 0.760. The Morgan fingerprint density at radius 1 is 1.50 bits per heavy atom. The number of aliphatic hydroxyl groups is 1. The maximum Gasteiger partial charge on any atom is 0.240 e. The number of β-amino-alcohol motifs (C(OH)–C–C–N with tert-alkyl or cyclic N) is 1. The average Bonchev–Trinajstić information content (AvgIpc) is 2.93. The van der Waals surface area contributed by atoms with Gasteiger partial charge in [0.25, 0.3) is 0 Å². The summed E-state index contributed by atoms with van der Waals surface area (Å²) in [5, 5.41) is 12.6. The van der Waals surface area contributed by atoms with Gasteiger partial charge < -0.3 is 14.9 Å². The molecule has 0 aromatic heterocycles. The van der Waals surface area contributed by atoms with Gasteiger partial charge in [0, 0.05) is 31.8 Å². The van der Waals surface area contributed by atoms with Crippen molar-refractivity contribution < 1.29 is 9.90 Å². The monoisotopic (exact) mass is 301 g/mol. The molecule has 0 aromatic rings. The van der Waals surface area contributed by atoms with Crippen molar-refractivity contribution >= 4 is 17.7 Å². The lowest BCUT2D eigenvalue weighted by Crippen LogP contribution is -2.46. The first-order valence-electron chi connectivity index (χ1n) is 7.52. The van der Waals surface area contributed by atoms with Crippen molar-refractivity contribution in [1.29, 1.82) is 0 Å². The van der Waals surface area contributed by atoms with Gasteiger partial charge in [-0.05, 0) is 38.8 Å². The van der Waals surface area contributed by atoms with E-state index in [0.29, 0.717) is 5.92 Å². The molecule has 0 saturated carbocycles. The number of hydrogen-bond acceptors (Lipinski definition) is 5. The van der Waals surface area contributed by atoms with Crippen molar-refractivity contribution in [3.63, 3.8) is 0 Å². The molecule has 6 heteroatoms. The smallest absolute Gasteiger partial charge is 0.240 e. The number of likely N-dealkylation sites (tertiary alicyclic amines) is 1. The Morgan fingerprint density at radius 3 is 2.75 bits per heavy atom. The Hall–Kier alpha value is -0.300. The highest BCUT2D eigenvalue weighted by Gasteiger charge is 2.28. The van der Waals surface area contributed by atoms with E-state index >= 15 is 0 Å². The van der Waals surface area contributed by atoms with Crippen LogP contribution in [0.15, 0.2) is 0 Å². The predicted molar refractivity (Wildman–Crippen MR) is 82.7 cm³/mol. The Kier molecular flexibility index (Phi) is 6.14. The number of nitrogens with zero attached hydrogens (tertiary/aromatic N) is 2. The zero-order valence-electron chi connectivity index (χ0n) is 12.5. The molecule has 0 aromatic carbocycles. The van der Waals surface area contributed by atoms with Crippen molar-refractivity contribution in [2.45, 2.75) is 31.9 Å². The summed E-state index contributed by atoms with van der Waals surface area (Å²) in [6.07, 6.45) is 2.00. The van der Waals surface area contributed by atoms with Crippen LogP contribution in [-0.4, -0.2) is 77.8 Å². The van der Waals surface area contributed by atoms with Crippen LogP contribution in [0.5, 0.6) is 0 Å². The zero-order chi connectivity index (χ0) is 14.5. The van der Waals surface area contributed by atoms with E-state index in [1.807, 2.05) is 18.9 Å². The van der Waals surface area contributed by atoms with E-state index in [2.05, 4.69) is 10.2 Å². The van der Waals surface area contributed by atoms with Crippen LogP contribution in [0.3, 0.4) is 0 Å². The van der Waals surface area contributed by atoms with Gasteiger partial charge in [0.05, 0.1) is 12.1 Å². The third-order valence-electron chi connectivity index (χ3n) is 4.15. The molecule has 0 radical (unpaired) electrons. The second-order valence-electron chi connectivity index (χ2n) is 6.08. The van der Waals surface area contributed by atoms with Crippen LogP contribution < -0.4 is 5.32 Å². The topological polar surface area (TPSA) is 55.8 Å². The van der Waals surface area contributed by atoms with Gasteiger partial charge >= 0.3 is 0 Å². The summed E-state index contributed by atoms with van der Waals surface area (Å²) in [6.45, 7) is 5.55. The molecule has 0 aliphatic carbocycles. The summed E-state index contributed by atoms with van der Waals surface area (Å²) in [6, 6.07) is 0.0142. The molecular weight excluding hydrogens is 274 g/mol. The van der Waals surface area contributed by atoms with Crippen LogP contribution >= 0.6 is 11.8 Å². The molecule has 1 unspecified atom stereocenters. The number of hydrogen-bond donors (Lipinski definition) is 2. The van der Waals surface area contributed by atoms with Crippen LogP contribution in [0, 0.1) is 5.92 Å². The van der Waals surface area contributed by atoms with Crippen LogP contribution in [0.25, 0.3) is 0 Å². The van der Waals surface area contributed by atoms with Crippen LogP contribution in [0.4, 0.5) is 0 Å². The molecule has 20 heavy (non-hydrogen) atoms. The van der Waals surface area contributed by atoms with E-state index < -0.39 is 0 Å². The molecule has 0 bridgehead atoms. The summed E-state index contributed by atoms with van der Waals surface area (Å²) in [5.41, 5.74) is 0. The van der Waals surface area contributed by atoms with Crippen LogP contribution in [-0.2, 0) is 4.79 Å². The highest BCUT2D eigenvalue weighted by Crippen LogP contribution is 2.19. The van der Waals surface area contributed by atoms with Gasteiger partial charge in [-0.1, -0.05) is 0 Å². The van der Waals surface area contributed by atoms with E-state index in [0.717, 1.165) is 50.7 Å². The maximum atomic E-state index is 12.2. The minimum atomic E-state index is -0.248. The molecule has 2 aliphatic heterocycles.